The van der Waals surface area contributed by atoms with Gasteiger partial charge in [-0.1, -0.05) is 47.1 Å². The molecule has 26 heavy (non-hydrogen) atoms. The van der Waals surface area contributed by atoms with Crippen LogP contribution in [0.5, 0.6) is 5.75 Å². The van der Waals surface area contributed by atoms with Gasteiger partial charge in [-0.2, -0.15) is 4.68 Å². The summed E-state index contributed by atoms with van der Waals surface area (Å²) < 4.78 is 6.55. The summed E-state index contributed by atoms with van der Waals surface area (Å²) in [6, 6.07) is 12.9. The number of halogens is 2. The van der Waals surface area contributed by atoms with Gasteiger partial charge in [0.2, 0.25) is 0 Å². The first-order chi connectivity index (χ1) is 12.5. The van der Waals surface area contributed by atoms with Crippen LogP contribution < -0.4 is 4.74 Å². The Morgan fingerprint density at radius 2 is 1.92 bits per heavy atom. The summed E-state index contributed by atoms with van der Waals surface area (Å²) in [5.74, 6) is 1.15. The standard InChI is InChI=1S/C18H13Cl2N3O2S/c1-25-12-5-2-10(3-6-12)15-9-16(24)23-18(26-15)21-17(22-23)11-4-7-13(19)14(20)8-11/h2-8,15H,9H2,1H3/t15-/m0/s1. The van der Waals surface area contributed by atoms with Crippen molar-refractivity contribution in [1.82, 2.24) is 14.8 Å². The number of hydrogen-bond acceptors (Lipinski definition) is 5. The van der Waals surface area contributed by atoms with Gasteiger partial charge in [-0.25, -0.2) is 4.98 Å². The van der Waals surface area contributed by atoms with Crippen LogP contribution in [0.15, 0.2) is 47.6 Å². The van der Waals surface area contributed by atoms with E-state index in [9.17, 15) is 4.79 Å². The fourth-order valence-corrected chi connectivity index (χ4v) is 4.17. The van der Waals surface area contributed by atoms with E-state index in [1.54, 1.807) is 25.3 Å². The lowest BCUT2D eigenvalue weighted by Gasteiger charge is -2.20. The molecule has 132 valence electrons. The number of ether oxygens (including phenoxy) is 1. The van der Waals surface area contributed by atoms with Gasteiger partial charge in [0.15, 0.2) is 11.0 Å². The highest BCUT2D eigenvalue weighted by atomic mass is 35.5. The molecule has 0 unspecified atom stereocenters. The van der Waals surface area contributed by atoms with Crippen molar-refractivity contribution >= 4 is 40.9 Å². The van der Waals surface area contributed by atoms with Gasteiger partial charge in [-0.15, -0.1) is 5.10 Å². The van der Waals surface area contributed by atoms with E-state index in [0.29, 0.717) is 27.4 Å². The van der Waals surface area contributed by atoms with Crippen molar-refractivity contribution in [3.63, 3.8) is 0 Å². The first-order valence-electron chi connectivity index (χ1n) is 7.81. The number of hydrogen-bond donors (Lipinski definition) is 0. The van der Waals surface area contributed by atoms with Crippen molar-refractivity contribution in [2.24, 2.45) is 0 Å². The summed E-state index contributed by atoms with van der Waals surface area (Å²) in [6.45, 7) is 0. The molecule has 8 heteroatoms. The lowest BCUT2D eigenvalue weighted by molar-refractivity contribution is 0.0868. The van der Waals surface area contributed by atoms with Crippen molar-refractivity contribution in [1.29, 1.82) is 0 Å². The van der Waals surface area contributed by atoms with E-state index in [-0.39, 0.29) is 11.2 Å². The second-order valence-electron chi connectivity index (χ2n) is 5.74. The van der Waals surface area contributed by atoms with Crippen molar-refractivity contribution < 1.29 is 9.53 Å². The minimum absolute atomic E-state index is 0.00763. The van der Waals surface area contributed by atoms with E-state index in [2.05, 4.69) is 10.1 Å². The molecule has 0 saturated heterocycles. The molecule has 1 aromatic heterocycles. The molecule has 2 heterocycles. The third-order valence-electron chi connectivity index (χ3n) is 4.09. The van der Waals surface area contributed by atoms with E-state index in [1.165, 1.54) is 16.4 Å². The van der Waals surface area contributed by atoms with Gasteiger partial charge in [0.05, 0.1) is 17.2 Å². The van der Waals surface area contributed by atoms with E-state index in [4.69, 9.17) is 27.9 Å². The molecule has 0 amide bonds. The predicted molar refractivity (Wildman–Crippen MR) is 102 cm³/mol. The van der Waals surface area contributed by atoms with Gasteiger partial charge < -0.3 is 4.74 Å². The predicted octanol–water partition coefficient (Wildman–Crippen LogP) is 5.14. The third-order valence-corrected chi connectivity index (χ3v) is 6.02. The number of thioether (sulfide) groups is 1. The van der Waals surface area contributed by atoms with Gasteiger partial charge in [0.25, 0.3) is 5.91 Å². The molecule has 0 radical (unpaired) electrons. The van der Waals surface area contributed by atoms with Crippen LogP contribution in [0.3, 0.4) is 0 Å². The van der Waals surface area contributed by atoms with Crippen LogP contribution in [0, 0.1) is 0 Å². The van der Waals surface area contributed by atoms with E-state index in [0.717, 1.165) is 16.9 Å². The first kappa shape index (κ1) is 17.4. The lowest BCUT2D eigenvalue weighted by atomic mass is 10.1. The van der Waals surface area contributed by atoms with E-state index >= 15 is 0 Å². The molecule has 0 saturated carbocycles. The quantitative estimate of drug-likeness (QED) is 0.603. The molecule has 1 aliphatic heterocycles. The highest BCUT2D eigenvalue weighted by Crippen LogP contribution is 2.42. The fourth-order valence-electron chi connectivity index (χ4n) is 2.71. The number of rotatable bonds is 3. The van der Waals surface area contributed by atoms with Crippen LogP contribution in [0.25, 0.3) is 11.4 Å². The molecule has 2 aromatic carbocycles. The van der Waals surface area contributed by atoms with Gasteiger partial charge in [0.1, 0.15) is 5.75 Å². The molecule has 0 bridgehead atoms. The second-order valence-corrected chi connectivity index (χ2v) is 7.72. The average Bonchev–Trinajstić information content (AvgIpc) is 3.09. The molecular formula is C18H13Cl2N3O2S. The largest absolute Gasteiger partial charge is 0.497 e. The van der Waals surface area contributed by atoms with Gasteiger partial charge >= 0.3 is 0 Å². The third kappa shape index (κ3) is 3.20. The lowest BCUT2D eigenvalue weighted by Crippen LogP contribution is -2.20. The summed E-state index contributed by atoms with van der Waals surface area (Å²) in [5, 5.41) is 5.79. The Morgan fingerprint density at radius 1 is 1.15 bits per heavy atom. The number of nitrogens with zero attached hydrogens (tertiary/aromatic N) is 3. The number of aromatic nitrogens is 3. The Hall–Kier alpha value is -2.02. The van der Waals surface area contributed by atoms with E-state index < -0.39 is 0 Å². The van der Waals surface area contributed by atoms with Crippen LogP contribution >= 0.6 is 35.0 Å². The summed E-state index contributed by atoms with van der Waals surface area (Å²) in [5.41, 5.74) is 1.77. The minimum Gasteiger partial charge on any atom is -0.497 e. The van der Waals surface area contributed by atoms with E-state index in [1.807, 2.05) is 24.3 Å². The fraction of sp³-hybridized carbons (Fsp3) is 0.167. The Morgan fingerprint density at radius 3 is 2.62 bits per heavy atom. The van der Waals surface area contributed by atoms with Crippen LogP contribution in [0.2, 0.25) is 10.0 Å². The first-order valence-corrected chi connectivity index (χ1v) is 9.45. The topological polar surface area (TPSA) is 57.0 Å². The Balaban J connectivity index is 1.65. The molecule has 1 atom stereocenters. The average molecular weight is 406 g/mol. The zero-order valence-corrected chi connectivity index (χ0v) is 16.0. The smallest absolute Gasteiger partial charge is 0.250 e. The summed E-state index contributed by atoms with van der Waals surface area (Å²) in [6.07, 6.45) is 0.355. The number of carbonyl (C=O) groups excluding carboxylic acids is 1. The SMILES string of the molecule is COc1ccc([C@@H]2CC(=O)n3nc(-c4ccc(Cl)c(Cl)c4)nc3S2)cc1. The van der Waals surface area contributed by atoms with Gasteiger partial charge in [-0.05, 0) is 35.9 Å². The zero-order chi connectivity index (χ0) is 18.3. The molecule has 0 aliphatic carbocycles. The summed E-state index contributed by atoms with van der Waals surface area (Å²) in [7, 11) is 1.63. The molecule has 0 N–H and O–H groups in total. The normalized spacial score (nSPS) is 16.4. The molecular weight excluding hydrogens is 393 g/mol. The maximum atomic E-state index is 12.5. The minimum atomic E-state index is -0.0848. The number of carbonyl (C=O) groups is 1. The maximum absolute atomic E-state index is 12.5. The van der Waals surface area contributed by atoms with Crippen LogP contribution in [0.4, 0.5) is 0 Å². The van der Waals surface area contributed by atoms with Crippen LogP contribution in [0.1, 0.15) is 22.0 Å². The van der Waals surface area contributed by atoms with Crippen LogP contribution in [-0.4, -0.2) is 27.8 Å². The molecule has 0 spiro atoms. The monoisotopic (exact) mass is 405 g/mol. The number of fused-ring (bicyclic) bond motifs is 1. The van der Waals surface area contributed by atoms with Gasteiger partial charge in [-0.3, -0.25) is 4.79 Å². The van der Waals surface area contributed by atoms with Crippen molar-refractivity contribution in [3.8, 4) is 17.1 Å². The molecule has 1 aliphatic rings. The Kier molecular flexibility index (Phi) is 4.65. The zero-order valence-electron chi connectivity index (χ0n) is 13.6. The van der Waals surface area contributed by atoms with Crippen molar-refractivity contribution in [2.45, 2.75) is 16.8 Å². The van der Waals surface area contributed by atoms with Crippen LogP contribution in [-0.2, 0) is 0 Å². The molecule has 3 aromatic rings. The second kappa shape index (κ2) is 6.95. The molecule has 5 nitrogen and oxygen atoms in total. The van der Waals surface area contributed by atoms with Crippen molar-refractivity contribution in [2.75, 3.05) is 7.11 Å². The van der Waals surface area contributed by atoms with Gasteiger partial charge in [0, 0.05) is 17.2 Å². The molecule has 0 fully saturated rings. The maximum Gasteiger partial charge on any atom is 0.250 e. The highest BCUT2D eigenvalue weighted by molar-refractivity contribution is 7.99. The number of methoxy groups -OCH3 is 1. The molecule has 4 rings (SSSR count). The Bertz CT molecular complexity index is 989. The summed E-state index contributed by atoms with van der Waals surface area (Å²) in [4.78, 5) is 17.1. The van der Waals surface area contributed by atoms with Crippen molar-refractivity contribution in [3.05, 3.63) is 58.1 Å². The summed E-state index contributed by atoms with van der Waals surface area (Å²) >= 11 is 13.5. The number of benzene rings is 2. The highest BCUT2D eigenvalue weighted by Gasteiger charge is 2.30. The Labute approximate surface area is 164 Å².